The van der Waals surface area contributed by atoms with Crippen LogP contribution in [0.5, 0.6) is 0 Å². The second-order valence-corrected chi connectivity index (χ2v) is 11.0. The molecule has 2 unspecified atom stereocenters. The smallest absolute Gasteiger partial charge is 0.354 e. The summed E-state index contributed by atoms with van der Waals surface area (Å²) in [7, 11) is 0. The van der Waals surface area contributed by atoms with Gasteiger partial charge in [-0.1, -0.05) is 35.9 Å². The third-order valence-electron chi connectivity index (χ3n) is 6.99. The van der Waals surface area contributed by atoms with Gasteiger partial charge < -0.3 is 18.6 Å². The van der Waals surface area contributed by atoms with Gasteiger partial charge in [-0.3, -0.25) is 0 Å². The largest absolute Gasteiger partial charge is 0.423 e. The molecule has 6 rings (SSSR count). The number of benzene rings is 1. The van der Waals surface area contributed by atoms with Crippen LogP contribution in [0, 0.1) is 0 Å². The molecule has 0 bridgehead atoms. The summed E-state index contributed by atoms with van der Waals surface area (Å²) in [5, 5.41) is 5.40. The number of hydrogen-bond acceptors (Lipinski definition) is 7. The molecular weight excluding hydrogens is 488 g/mol. The molecule has 1 aromatic carbocycles. The Kier molecular flexibility index (Phi) is 6.58. The van der Waals surface area contributed by atoms with Crippen molar-refractivity contribution in [2.24, 2.45) is 0 Å². The van der Waals surface area contributed by atoms with E-state index < -0.39 is 5.60 Å². The molecule has 0 aliphatic carbocycles. The number of nitrogens with zero attached hydrogens (tertiary/aromatic N) is 2. The highest BCUT2D eigenvalue weighted by Gasteiger charge is 2.43. The molecule has 2 atom stereocenters. The van der Waals surface area contributed by atoms with E-state index in [0.29, 0.717) is 36.7 Å². The predicted octanol–water partition coefficient (Wildman–Crippen LogP) is 6.33. The molecule has 8 heteroatoms. The summed E-state index contributed by atoms with van der Waals surface area (Å²) in [4.78, 5) is 14.2. The highest BCUT2D eigenvalue weighted by molar-refractivity contribution is 7.22. The number of ether oxygens (including phenoxy) is 3. The van der Waals surface area contributed by atoms with E-state index in [0.717, 1.165) is 58.4 Å². The average Bonchev–Trinajstić information content (AvgIpc) is 3.58. The predicted molar refractivity (Wildman–Crippen MR) is 142 cm³/mol. The van der Waals surface area contributed by atoms with Gasteiger partial charge in [0.2, 0.25) is 0 Å². The van der Waals surface area contributed by atoms with Gasteiger partial charge in [-0.2, -0.15) is 5.10 Å². The van der Waals surface area contributed by atoms with Gasteiger partial charge in [-0.25, -0.2) is 9.48 Å². The van der Waals surface area contributed by atoms with Crippen LogP contribution in [0.1, 0.15) is 55.7 Å². The normalized spacial score (nSPS) is 21.7. The van der Waals surface area contributed by atoms with Crippen LogP contribution in [0.25, 0.3) is 20.5 Å². The molecule has 0 radical (unpaired) electrons. The van der Waals surface area contributed by atoms with Crippen molar-refractivity contribution in [3.05, 3.63) is 88.3 Å². The lowest BCUT2D eigenvalue weighted by molar-refractivity contribution is -0.141. The van der Waals surface area contributed by atoms with E-state index in [4.69, 9.17) is 18.6 Å². The molecular formula is C29H30N2O5S. The molecule has 0 N–H and O–H groups in total. The lowest BCUT2D eigenvalue weighted by Gasteiger charge is -2.37. The Morgan fingerprint density at radius 3 is 2.95 bits per heavy atom. The Hall–Kier alpha value is -3.04. The first-order valence-corrected chi connectivity index (χ1v) is 13.5. The van der Waals surface area contributed by atoms with E-state index in [1.54, 1.807) is 0 Å². The Balaban J connectivity index is 1.39. The zero-order valence-corrected chi connectivity index (χ0v) is 21.7. The fraction of sp³-hybridized carbons (Fsp3) is 0.379. The van der Waals surface area contributed by atoms with Crippen LogP contribution in [0.2, 0.25) is 0 Å². The summed E-state index contributed by atoms with van der Waals surface area (Å²) >= 11 is 1.42. The van der Waals surface area contributed by atoms with Crippen molar-refractivity contribution >= 4 is 21.4 Å². The average molecular weight is 519 g/mol. The molecule has 5 heterocycles. The van der Waals surface area contributed by atoms with Gasteiger partial charge in [0.05, 0.1) is 26.0 Å². The zero-order chi connectivity index (χ0) is 25.4. The maximum atomic E-state index is 13.3. The van der Waals surface area contributed by atoms with Crippen LogP contribution < -0.4 is 5.63 Å². The van der Waals surface area contributed by atoms with Crippen LogP contribution in [0.15, 0.2) is 70.2 Å². The Labute approximate surface area is 219 Å². The van der Waals surface area contributed by atoms with Crippen molar-refractivity contribution in [1.82, 2.24) is 9.78 Å². The minimum Gasteiger partial charge on any atom is -0.423 e. The van der Waals surface area contributed by atoms with Crippen molar-refractivity contribution in [2.75, 3.05) is 13.2 Å². The Morgan fingerprint density at radius 1 is 1.30 bits per heavy atom. The van der Waals surface area contributed by atoms with Crippen molar-refractivity contribution in [3.63, 3.8) is 0 Å². The van der Waals surface area contributed by atoms with E-state index >= 15 is 0 Å². The van der Waals surface area contributed by atoms with E-state index in [9.17, 15) is 4.79 Å². The summed E-state index contributed by atoms with van der Waals surface area (Å²) in [6.07, 6.45) is 7.47. The van der Waals surface area contributed by atoms with Crippen LogP contribution in [0.3, 0.4) is 0 Å². The number of aromatic nitrogens is 2. The first-order chi connectivity index (χ1) is 18.0. The van der Waals surface area contributed by atoms with Crippen LogP contribution in [-0.4, -0.2) is 23.0 Å². The highest BCUT2D eigenvalue weighted by Crippen LogP contribution is 2.43. The molecule has 4 aromatic rings. The van der Waals surface area contributed by atoms with Crippen LogP contribution >= 0.6 is 11.3 Å². The molecule has 0 saturated carbocycles. The van der Waals surface area contributed by atoms with Gasteiger partial charge in [-0.05, 0) is 37.8 Å². The van der Waals surface area contributed by atoms with E-state index in [-0.39, 0.29) is 11.9 Å². The van der Waals surface area contributed by atoms with Gasteiger partial charge in [-0.15, -0.1) is 17.9 Å². The van der Waals surface area contributed by atoms with Gasteiger partial charge in [0, 0.05) is 40.6 Å². The molecule has 3 aromatic heterocycles. The number of fused-ring (bicyclic) bond motifs is 3. The molecule has 192 valence electrons. The van der Waals surface area contributed by atoms with Crippen molar-refractivity contribution in [2.45, 2.75) is 57.6 Å². The minimum atomic E-state index is -0.923. The quantitative estimate of drug-likeness (QED) is 0.266. The second kappa shape index (κ2) is 10.0. The molecule has 0 amide bonds. The standard InChI is InChI=1S/C29H30N2O5S/c1-19(2)13-29(35-16-20-8-4-3-5-9-20)18-33-17-23-22-12-24(37-26(22)28(32)36-27(23)29)21-14-30-31(15-21)25-10-6-7-11-34-25/h3-5,8-9,12,14-15,25H,1,6-7,10-11,13,16-18H2,2H3. The van der Waals surface area contributed by atoms with Crippen molar-refractivity contribution in [1.29, 1.82) is 0 Å². The van der Waals surface area contributed by atoms with Crippen LogP contribution in [-0.2, 0) is 33.0 Å². The first-order valence-electron chi connectivity index (χ1n) is 12.7. The van der Waals surface area contributed by atoms with Gasteiger partial charge in [0.25, 0.3) is 0 Å². The molecule has 1 saturated heterocycles. The van der Waals surface area contributed by atoms with Crippen molar-refractivity contribution < 1.29 is 18.6 Å². The molecule has 2 aliphatic heterocycles. The lowest BCUT2D eigenvalue weighted by atomic mass is 9.87. The fourth-order valence-electron chi connectivity index (χ4n) is 5.25. The summed E-state index contributed by atoms with van der Waals surface area (Å²) in [6.45, 7) is 7.85. The molecule has 37 heavy (non-hydrogen) atoms. The third kappa shape index (κ3) is 4.70. The van der Waals surface area contributed by atoms with Crippen molar-refractivity contribution in [3.8, 4) is 10.4 Å². The summed E-state index contributed by atoms with van der Waals surface area (Å²) in [6, 6.07) is 12.0. The lowest BCUT2D eigenvalue weighted by Crippen LogP contribution is -2.40. The van der Waals surface area contributed by atoms with Crippen LogP contribution in [0.4, 0.5) is 0 Å². The maximum absolute atomic E-state index is 13.3. The summed E-state index contributed by atoms with van der Waals surface area (Å²) < 4.78 is 27.0. The number of thiophene rings is 1. The van der Waals surface area contributed by atoms with Gasteiger partial charge in [0.15, 0.2) is 5.60 Å². The molecule has 0 spiro atoms. The third-order valence-corrected chi connectivity index (χ3v) is 8.15. The first kappa shape index (κ1) is 24.3. The summed E-state index contributed by atoms with van der Waals surface area (Å²) in [5.41, 5.74) is 2.50. The topological polar surface area (TPSA) is 75.7 Å². The van der Waals surface area contributed by atoms with Gasteiger partial charge in [0.1, 0.15) is 16.7 Å². The number of rotatable bonds is 7. The van der Waals surface area contributed by atoms with E-state index in [1.165, 1.54) is 11.3 Å². The molecule has 1 fully saturated rings. The minimum absolute atomic E-state index is 0.0346. The van der Waals surface area contributed by atoms with E-state index in [1.807, 2.05) is 54.3 Å². The second-order valence-electron chi connectivity index (χ2n) is 9.98. The highest BCUT2D eigenvalue weighted by atomic mass is 32.1. The maximum Gasteiger partial charge on any atom is 0.354 e. The molecule has 7 nitrogen and oxygen atoms in total. The Morgan fingerprint density at radius 2 is 2.16 bits per heavy atom. The van der Waals surface area contributed by atoms with Gasteiger partial charge >= 0.3 is 5.63 Å². The zero-order valence-electron chi connectivity index (χ0n) is 20.9. The fourth-order valence-corrected chi connectivity index (χ4v) is 6.29. The monoisotopic (exact) mass is 518 g/mol. The summed E-state index contributed by atoms with van der Waals surface area (Å²) in [5.74, 6) is 0.547. The Bertz CT molecular complexity index is 1480. The number of hydrogen-bond donors (Lipinski definition) is 0. The SMILES string of the molecule is C=C(C)CC1(OCc2ccccc2)COCc2c1oc(=O)c1sc(-c3cnn(C4CCCCO4)c3)cc21. The van der Waals surface area contributed by atoms with E-state index in [2.05, 4.69) is 17.7 Å². The molecule has 2 aliphatic rings.